The van der Waals surface area contributed by atoms with Gasteiger partial charge in [0.15, 0.2) is 0 Å². The first kappa shape index (κ1) is 12.9. The molecule has 3 aromatic rings. The first-order valence-corrected chi connectivity index (χ1v) is 8.50. The molecule has 6 nitrogen and oxygen atoms in total. The molecule has 0 unspecified atom stereocenters. The third-order valence-corrected chi connectivity index (χ3v) is 5.70. The van der Waals surface area contributed by atoms with E-state index in [1.165, 1.54) is 11.3 Å². The second-order valence-electron chi connectivity index (χ2n) is 5.04. The van der Waals surface area contributed by atoms with Crippen molar-refractivity contribution in [1.82, 2.24) is 24.7 Å². The van der Waals surface area contributed by atoms with Crippen molar-refractivity contribution >= 4 is 33.5 Å². The average Bonchev–Trinajstić information content (AvgIpc) is 3.23. The van der Waals surface area contributed by atoms with Crippen LogP contribution in [0.25, 0.3) is 4.96 Å². The number of fused-ring (bicyclic) bond motifs is 1. The third-order valence-electron chi connectivity index (χ3n) is 3.77. The van der Waals surface area contributed by atoms with Gasteiger partial charge in [-0.2, -0.15) is 9.61 Å². The average molecular weight is 319 g/mol. The molecule has 0 saturated carbocycles. The highest BCUT2D eigenvalue weighted by Crippen LogP contribution is 2.31. The summed E-state index contributed by atoms with van der Waals surface area (Å²) in [5, 5.41) is 15.4. The van der Waals surface area contributed by atoms with Crippen molar-refractivity contribution < 1.29 is 4.79 Å². The van der Waals surface area contributed by atoms with Crippen molar-refractivity contribution in [3.05, 3.63) is 33.7 Å². The zero-order chi connectivity index (χ0) is 14.2. The summed E-state index contributed by atoms with van der Waals surface area (Å²) < 4.78 is 1.73. The minimum Gasteiger partial charge on any atom is -0.338 e. The summed E-state index contributed by atoms with van der Waals surface area (Å²) in [4.78, 5) is 15.9. The highest BCUT2D eigenvalue weighted by atomic mass is 32.1. The molecule has 1 saturated heterocycles. The van der Waals surface area contributed by atoms with Gasteiger partial charge in [0.25, 0.3) is 5.91 Å². The molecule has 0 N–H and O–H groups in total. The van der Waals surface area contributed by atoms with Gasteiger partial charge in [0.1, 0.15) is 11.3 Å². The van der Waals surface area contributed by atoms with E-state index in [0.29, 0.717) is 5.92 Å². The van der Waals surface area contributed by atoms with Crippen LogP contribution >= 0.6 is 22.7 Å². The van der Waals surface area contributed by atoms with Gasteiger partial charge in [0, 0.05) is 19.0 Å². The Hall–Kier alpha value is -1.80. The van der Waals surface area contributed by atoms with Crippen LogP contribution in [-0.2, 0) is 0 Å². The molecule has 4 heterocycles. The number of thiophene rings is 1. The fraction of sp³-hybridized carbons (Fsp3) is 0.385. The summed E-state index contributed by atoms with van der Waals surface area (Å²) in [7, 11) is 0. The number of aromatic nitrogens is 4. The van der Waals surface area contributed by atoms with Gasteiger partial charge in [-0.25, -0.2) is 0 Å². The SMILES string of the molecule is O=C(c1cccs1)N1CCC(c2nn3cnnc3s2)CC1. The molecule has 8 heteroatoms. The molecule has 1 aliphatic heterocycles. The van der Waals surface area contributed by atoms with Gasteiger partial charge in [-0.15, -0.1) is 21.5 Å². The van der Waals surface area contributed by atoms with Crippen LogP contribution in [0.4, 0.5) is 0 Å². The fourth-order valence-corrected chi connectivity index (χ4v) is 4.30. The molecule has 0 aliphatic carbocycles. The number of rotatable bonds is 2. The number of nitrogens with zero attached hydrogens (tertiary/aromatic N) is 5. The zero-order valence-corrected chi connectivity index (χ0v) is 12.8. The van der Waals surface area contributed by atoms with Crippen molar-refractivity contribution in [1.29, 1.82) is 0 Å². The topological polar surface area (TPSA) is 63.4 Å². The first-order valence-electron chi connectivity index (χ1n) is 6.81. The molecule has 1 amide bonds. The standard InChI is InChI=1S/C13H13N5OS2/c19-12(10-2-1-7-20-10)17-5-3-9(4-6-17)11-16-18-8-14-15-13(18)21-11/h1-2,7-9H,3-6H2. The second kappa shape index (κ2) is 5.19. The predicted octanol–water partition coefficient (Wildman–Crippen LogP) is 2.27. The Labute approximate surface area is 129 Å². The minimum absolute atomic E-state index is 0.154. The number of carbonyl (C=O) groups excluding carboxylic acids is 1. The lowest BCUT2D eigenvalue weighted by molar-refractivity contribution is 0.0717. The molecule has 0 bridgehead atoms. The van der Waals surface area contributed by atoms with E-state index in [1.807, 2.05) is 22.4 Å². The lowest BCUT2D eigenvalue weighted by Crippen LogP contribution is -2.37. The molecule has 0 spiro atoms. The second-order valence-corrected chi connectivity index (χ2v) is 6.98. The quantitative estimate of drug-likeness (QED) is 0.727. The Morgan fingerprint density at radius 2 is 2.19 bits per heavy atom. The summed E-state index contributed by atoms with van der Waals surface area (Å²) in [5.74, 6) is 0.575. The van der Waals surface area contributed by atoms with Crippen molar-refractivity contribution in [2.24, 2.45) is 0 Å². The molecular weight excluding hydrogens is 306 g/mol. The van der Waals surface area contributed by atoms with Crippen molar-refractivity contribution in [3.8, 4) is 0 Å². The van der Waals surface area contributed by atoms with Gasteiger partial charge in [-0.1, -0.05) is 17.4 Å². The number of hydrogen-bond acceptors (Lipinski definition) is 6. The number of amides is 1. The van der Waals surface area contributed by atoms with Crippen molar-refractivity contribution in [2.75, 3.05) is 13.1 Å². The summed E-state index contributed by atoms with van der Waals surface area (Å²) in [6.07, 6.45) is 3.55. The van der Waals surface area contributed by atoms with E-state index >= 15 is 0 Å². The molecule has 3 aromatic heterocycles. The number of carbonyl (C=O) groups is 1. The third kappa shape index (κ3) is 2.34. The maximum Gasteiger partial charge on any atom is 0.263 e. The van der Waals surface area contributed by atoms with E-state index in [4.69, 9.17) is 0 Å². The Balaban J connectivity index is 1.44. The predicted molar refractivity (Wildman–Crippen MR) is 80.9 cm³/mol. The van der Waals surface area contributed by atoms with Gasteiger partial charge < -0.3 is 4.90 Å². The molecule has 21 heavy (non-hydrogen) atoms. The van der Waals surface area contributed by atoms with Crippen molar-refractivity contribution in [2.45, 2.75) is 18.8 Å². The van der Waals surface area contributed by atoms with Crippen LogP contribution in [-0.4, -0.2) is 43.7 Å². The highest BCUT2D eigenvalue weighted by molar-refractivity contribution is 7.16. The van der Waals surface area contributed by atoms with Crippen LogP contribution in [0.5, 0.6) is 0 Å². The maximum atomic E-state index is 12.3. The first-order chi connectivity index (χ1) is 10.3. The van der Waals surface area contributed by atoms with Crippen molar-refractivity contribution in [3.63, 3.8) is 0 Å². The molecule has 1 fully saturated rings. The molecular formula is C13H13N5OS2. The van der Waals surface area contributed by atoms with Gasteiger partial charge in [-0.05, 0) is 24.3 Å². The smallest absolute Gasteiger partial charge is 0.263 e. The van der Waals surface area contributed by atoms with Gasteiger partial charge in [-0.3, -0.25) is 4.79 Å². The summed E-state index contributed by atoms with van der Waals surface area (Å²) >= 11 is 3.10. The Morgan fingerprint density at radius 3 is 2.90 bits per heavy atom. The van der Waals surface area contributed by atoms with Crippen LogP contribution in [0.3, 0.4) is 0 Å². The van der Waals surface area contributed by atoms with Crippen LogP contribution in [0.1, 0.15) is 33.4 Å². The Bertz CT molecular complexity index is 726. The Kier molecular flexibility index (Phi) is 3.19. The van der Waals surface area contributed by atoms with Gasteiger partial charge in [0.05, 0.1) is 4.88 Å². The lowest BCUT2D eigenvalue weighted by Gasteiger charge is -2.30. The summed E-state index contributed by atoms with van der Waals surface area (Å²) in [6, 6.07) is 3.81. The largest absolute Gasteiger partial charge is 0.338 e. The Morgan fingerprint density at radius 1 is 1.33 bits per heavy atom. The van der Waals surface area contributed by atoms with E-state index in [-0.39, 0.29) is 5.91 Å². The van der Waals surface area contributed by atoms with Crippen LogP contribution < -0.4 is 0 Å². The van der Waals surface area contributed by atoms with Gasteiger partial charge >= 0.3 is 0 Å². The normalized spacial score (nSPS) is 16.7. The fourth-order valence-electron chi connectivity index (χ4n) is 2.63. The van der Waals surface area contributed by atoms with E-state index in [0.717, 1.165) is 40.8 Å². The lowest BCUT2D eigenvalue weighted by atomic mass is 9.97. The molecule has 108 valence electrons. The highest BCUT2D eigenvalue weighted by Gasteiger charge is 2.27. The molecule has 4 rings (SSSR count). The van der Waals surface area contributed by atoms with Crippen LogP contribution in [0.15, 0.2) is 23.8 Å². The number of piperidine rings is 1. The molecule has 0 radical (unpaired) electrons. The summed E-state index contributed by atoms with van der Waals surface area (Å²) in [6.45, 7) is 1.59. The van der Waals surface area contributed by atoms with E-state index < -0.39 is 0 Å². The van der Waals surface area contributed by atoms with Crippen LogP contribution in [0.2, 0.25) is 0 Å². The monoisotopic (exact) mass is 319 g/mol. The van der Waals surface area contributed by atoms with E-state index in [1.54, 1.807) is 22.2 Å². The molecule has 0 aromatic carbocycles. The number of likely N-dealkylation sites (tertiary alicyclic amines) is 1. The summed E-state index contributed by atoms with van der Waals surface area (Å²) in [5.41, 5.74) is 0. The minimum atomic E-state index is 0.154. The maximum absolute atomic E-state index is 12.3. The van der Waals surface area contributed by atoms with E-state index in [9.17, 15) is 4.79 Å². The number of hydrogen-bond donors (Lipinski definition) is 0. The van der Waals surface area contributed by atoms with Crippen LogP contribution in [0, 0.1) is 0 Å². The zero-order valence-electron chi connectivity index (χ0n) is 11.2. The van der Waals surface area contributed by atoms with Gasteiger partial charge in [0.2, 0.25) is 4.96 Å². The molecule has 1 aliphatic rings. The van der Waals surface area contributed by atoms with E-state index in [2.05, 4.69) is 15.3 Å². The molecule has 0 atom stereocenters.